The van der Waals surface area contributed by atoms with Crippen molar-refractivity contribution in [3.05, 3.63) is 71.2 Å². The number of aromatic amines is 1. The van der Waals surface area contributed by atoms with Gasteiger partial charge in [0.25, 0.3) is 0 Å². The maximum atomic E-state index is 13.1. The van der Waals surface area contributed by atoms with Crippen molar-refractivity contribution in [2.45, 2.75) is 26.2 Å². The van der Waals surface area contributed by atoms with Gasteiger partial charge in [0.15, 0.2) is 5.78 Å². The summed E-state index contributed by atoms with van der Waals surface area (Å²) in [6.07, 6.45) is 2.78. The third-order valence-corrected chi connectivity index (χ3v) is 5.79. The molecule has 27 heavy (non-hydrogen) atoms. The number of ketones is 1. The number of nitrogens with one attached hydrogen (secondary N) is 1. The lowest BCUT2D eigenvalue weighted by atomic mass is 9.88. The summed E-state index contributed by atoms with van der Waals surface area (Å²) in [5.74, 6) is -0.0856. The maximum absolute atomic E-state index is 13.1. The molecule has 1 N–H and O–H groups in total. The summed E-state index contributed by atoms with van der Waals surface area (Å²) in [5, 5.41) is 1.32. The largest absolute Gasteiger partial charge is 0.358 e. The molecule has 0 aliphatic carbocycles. The third-order valence-electron chi connectivity index (χ3n) is 5.79. The number of benzene rings is 2. The number of carbonyl (C=O) groups excluding carboxylic acids is 1. The monoisotopic (exact) mass is 364 g/mol. The third kappa shape index (κ3) is 3.81. The Kier molecular flexibility index (Phi) is 5.08. The van der Waals surface area contributed by atoms with Crippen molar-refractivity contribution < 1.29 is 9.18 Å². The van der Waals surface area contributed by atoms with Crippen molar-refractivity contribution in [1.29, 1.82) is 0 Å². The topological polar surface area (TPSA) is 36.1 Å². The second-order valence-corrected chi connectivity index (χ2v) is 7.51. The zero-order valence-electron chi connectivity index (χ0n) is 15.7. The van der Waals surface area contributed by atoms with Crippen LogP contribution in [0.2, 0.25) is 0 Å². The van der Waals surface area contributed by atoms with E-state index >= 15 is 0 Å². The average Bonchev–Trinajstić information content (AvgIpc) is 3.02. The summed E-state index contributed by atoms with van der Waals surface area (Å²) in [7, 11) is 0. The number of nitrogens with zero attached hydrogens (tertiary/aromatic N) is 1. The molecule has 2 aromatic carbocycles. The summed E-state index contributed by atoms with van der Waals surface area (Å²) in [5.41, 5.74) is 4.48. The number of aromatic nitrogens is 1. The lowest BCUT2D eigenvalue weighted by molar-refractivity contribution is 0.0841. The minimum Gasteiger partial charge on any atom is -0.358 e. The first-order valence-electron chi connectivity index (χ1n) is 9.70. The van der Waals surface area contributed by atoms with Gasteiger partial charge >= 0.3 is 0 Å². The fourth-order valence-electron chi connectivity index (χ4n) is 4.20. The number of H-pyrrole nitrogens is 1. The highest BCUT2D eigenvalue weighted by Crippen LogP contribution is 2.25. The normalized spacial score (nSPS) is 16.1. The number of para-hydroxylation sites is 1. The fraction of sp³-hybridized carbons (Fsp3) is 0.348. The Labute approximate surface area is 159 Å². The van der Waals surface area contributed by atoms with Crippen molar-refractivity contribution in [1.82, 2.24) is 9.88 Å². The van der Waals surface area contributed by atoms with Gasteiger partial charge in [-0.25, -0.2) is 4.39 Å². The summed E-state index contributed by atoms with van der Waals surface area (Å²) in [6.45, 7) is 5.04. The van der Waals surface area contributed by atoms with Gasteiger partial charge in [-0.15, -0.1) is 0 Å². The molecule has 2 heterocycles. The second-order valence-electron chi connectivity index (χ2n) is 7.51. The minimum absolute atomic E-state index is 0.0570. The number of aryl methyl sites for hydroxylation is 1. The van der Waals surface area contributed by atoms with E-state index in [4.69, 9.17) is 0 Å². The Morgan fingerprint density at radius 3 is 2.56 bits per heavy atom. The molecule has 0 spiro atoms. The summed E-state index contributed by atoms with van der Waals surface area (Å²) >= 11 is 0. The Balaban J connectivity index is 1.33. The fourth-order valence-corrected chi connectivity index (χ4v) is 4.20. The van der Waals surface area contributed by atoms with Crippen LogP contribution in [-0.4, -0.2) is 35.3 Å². The van der Waals surface area contributed by atoms with E-state index in [0.717, 1.165) is 38.9 Å². The van der Waals surface area contributed by atoms with Crippen molar-refractivity contribution in [3.8, 4) is 0 Å². The molecule has 0 bridgehead atoms. The number of hydrogen-bond acceptors (Lipinski definition) is 2. The van der Waals surface area contributed by atoms with E-state index < -0.39 is 0 Å². The first kappa shape index (κ1) is 17.9. The second kappa shape index (κ2) is 7.65. The van der Waals surface area contributed by atoms with Crippen LogP contribution in [0.5, 0.6) is 0 Å². The number of piperidine rings is 1. The molecule has 4 heteroatoms. The number of halogens is 1. The Morgan fingerprint density at radius 2 is 1.81 bits per heavy atom. The molecular weight excluding hydrogens is 339 g/mol. The van der Waals surface area contributed by atoms with Crippen molar-refractivity contribution in [2.24, 2.45) is 5.92 Å². The van der Waals surface area contributed by atoms with Gasteiger partial charge in [-0.05, 0) is 75.2 Å². The zero-order chi connectivity index (χ0) is 18.8. The molecule has 0 amide bonds. The van der Waals surface area contributed by atoms with Crippen LogP contribution < -0.4 is 0 Å². The molecule has 3 nitrogen and oxygen atoms in total. The quantitative estimate of drug-likeness (QED) is 0.663. The highest BCUT2D eigenvalue weighted by molar-refractivity contribution is 5.97. The van der Waals surface area contributed by atoms with Crippen LogP contribution in [0.1, 0.15) is 34.5 Å². The highest BCUT2D eigenvalue weighted by atomic mass is 19.1. The average molecular weight is 364 g/mol. The van der Waals surface area contributed by atoms with Gasteiger partial charge in [-0.1, -0.05) is 18.2 Å². The van der Waals surface area contributed by atoms with Crippen molar-refractivity contribution in [2.75, 3.05) is 19.6 Å². The first-order chi connectivity index (χ1) is 13.1. The lowest BCUT2D eigenvalue weighted by Crippen LogP contribution is -2.37. The minimum atomic E-state index is -0.297. The predicted molar refractivity (Wildman–Crippen MR) is 107 cm³/mol. The molecule has 1 fully saturated rings. The van der Waals surface area contributed by atoms with Crippen LogP contribution in [-0.2, 0) is 6.42 Å². The number of carbonyl (C=O) groups is 1. The summed E-state index contributed by atoms with van der Waals surface area (Å²) < 4.78 is 13.1. The molecule has 0 atom stereocenters. The van der Waals surface area contributed by atoms with E-state index in [1.165, 1.54) is 34.3 Å². The van der Waals surface area contributed by atoms with E-state index in [9.17, 15) is 9.18 Å². The molecule has 0 saturated carbocycles. The number of hydrogen-bond donors (Lipinski definition) is 1. The predicted octanol–water partition coefficient (Wildman–Crippen LogP) is 4.75. The molecule has 140 valence electrons. The van der Waals surface area contributed by atoms with E-state index in [1.807, 2.05) is 0 Å². The molecule has 1 aliphatic rings. The van der Waals surface area contributed by atoms with Gasteiger partial charge < -0.3 is 9.88 Å². The molecular formula is C23H25FN2O. The van der Waals surface area contributed by atoms with Gasteiger partial charge in [0.2, 0.25) is 0 Å². The smallest absolute Gasteiger partial charge is 0.166 e. The molecule has 1 saturated heterocycles. The molecule has 0 unspecified atom stereocenters. The Morgan fingerprint density at radius 1 is 1.11 bits per heavy atom. The van der Waals surface area contributed by atoms with E-state index in [1.54, 1.807) is 12.1 Å². The first-order valence-corrected chi connectivity index (χ1v) is 9.70. The lowest BCUT2D eigenvalue weighted by Gasteiger charge is -2.31. The Hall–Kier alpha value is -2.46. The van der Waals surface area contributed by atoms with Crippen LogP contribution in [0.25, 0.3) is 10.9 Å². The van der Waals surface area contributed by atoms with Crippen molar-refractivity contribution in [3.63, 3.8) is 0 Å². The SMILES string of the molecule is Cc1[nH]c2ccccc2c1CCN1CCC(C(=O)c2ccc(F)cc2)CC1. The van der Waals surface area contributed by atoms with Gasteiger partial charge in [0.05, 0.1) is 0 Å². The Bertz CT molecular complexity index is 937. The molecule has 4 rings (SSSR count). The van der Waals surface area contributed by atoms with Crippen molar-refractivity contribution >= 4 is 16.7 Å². The summed E-state index contributed by atoms with van der Waals surface area (Å²) in [6, 6.07) is 14.4. The maximum Gasteiger partial charge on any atom is 0.166 e. The standard InChI is InChI=1S/C23H25FN2O/c1-16-20(21-4-2-3-5-22(21)25-16)12-15-26-13-10-18(11-14-26)23(27)17-6-8-19(24)9-7-17/h2-9,18,25H,10-15H2,1H3. The number of rotatable bonds is 5. The van der Waals surface area contributed by atoms with Crippen LogP contribution >= 0.6 is 0 Å². The van der Waals surface area contributed by atoms with Crippen LogP contribution in [0.3, 0.4) is 0 Å². The molecule has 3 aromatic rings. The zero-order valence-corrected chi connectivity index (χ0v) is 15.7. The van der Waals surface area contributed by atoms with Crippen LogP contribution in [0.4, 0.5) is 4.39 Å². The molecule has 1 aliphatic heterocycles. The number of fused-ring (bicyclic) bond motifs is 1. The van der Waals surface area contributed by atoms with Gasteiger partial charge in [-0.3, -0.25) is 4.79 Å². The van der Waals surface area contributed by atoms with E-state index in [0.29, 0.717) is 5.56 Å². The van der Waals surface area contributed by atoms with Crippen LogP contribution in [0, 0.1) is 18.7 Å². The van der Waals surface area contributed by atoms with Gasteiger partial charge in [0.1, 0.15) is 5.82 Å². The number of likely N-dealkylation sites (tertiary alicyclic amines) is 1. The van der Waals surface area contributed by atoms with Gasteiger partial charge in [0, 0.05) is 34.6 Å². The molecule has 0 radical (unpaired) electrons. The highest BCUT2D eigenvalue weighted by Gasteiger charge is 2.25. The summed E-state index contributed by atoms with van der Waals surface area (Å²) in [4.78, 5) is 18.5. The van der Waals surface area contributed by atoms with E-state index in [-0.39, 0.29) is 17.5 Å². The van der Waals surface area contributed by atoms with Gasteiger partial charge in [-0.2, -0.15) is 0 Å². The van der Waals surface area contributed by atoms with E-state index in [2.05, 4.69) is 41.1 Å². The molecule has 1 aromatic heterocycles. The number of Topliss-reactive ketones (excluding diaryl/α,β-unsaturated/α-hetero) is 1. The van der Waals surface area contributed by atoms with Crippen LogP contribution in [0.15, 0.2) is 48.5 Å².